The van der Waals surface area contributed by atoms with Crippen molar-refractivity contribution in [2.45, 2.75) is 184 Å². The number of aromatic amines is 5. The highest BCUT2D eigenvalue weighted by Gasteiger charge is 2.15. The van der Waals surface area contributed by atoms with Crippen LogP contribution in [0.25, 0.3) is 54.5 Å². The Kier molecular flexibility index (Phi) is 28.4. The first-order valence-electron chi connectivity index (χ1n) is 27.4. The van der Waals surface area contributed by atoms with Crippen LogP contribution in [0.15, 0.2) is 110 Å². The van der Waals surface area contributed by atoms with Gasteiger partial charge < -0.3 is 24.9 Å². The average molecular weight is 993 g/mol. The molecule has 0 saturated heterocycles. The third-order valence-corrected chi connectivity index (χ3v) is 12.6. The lowest BCUT2D eigenvalue weighted by atomic mass is 9.85. The van der Waals surface area contributed by atoms with E-state index in [0.717, 1.165) is 17.4 Å². The number of benzene rings is 5. The summed E-state index contributed by atoms with van der Waals surface area (Å²) in [6.45, 7) is 50.5. The Balaban J connectivity index is 0.000000437. The lowest BCUT2D eigenvalue weighted by molar-refractivity contribution is 0.590. The molecule has 5 nitrogen and oxygen atoms in total. The van der Waals surface area contributed by atoms with Crippen LogP contribution in [-0.2, 0) is 11.8 Å². The molecule has 0 aliphatic rings. The first-order chi connectivity index (χ1) is 34.9. The Morgan fingerprint density at radius 3 is 1.30 bits per heavy atom. The molecule has 0 bridgehead atoms. The number of halogens is 1. The highest BCUT2D eigenvalue weighted by molar-refractivity contribution is 5.88. The van der Waals surface area contributed by atoms with Gasteiger partial charge >= 0.3 is 0 Å². The van der Waals surface area contributed by atoms with E-state index in [2.05, 4.69) is 176 Å². The van der Waals surface area contributed by atoms with Crippen LogP contribution >= 0.6 is 0 Å². The average Bonchev–Trinajstić information content (AvgIpc) is 4.27. The topological polar surface area (TPSA) is 78.9 Å². The van der Waals surface area contributed by atoms with Crippen molar-refractivity contribution >= 4 is 54.5 Å². The maximum absolute atomic E-state index is 13.0. The van der Waals surface area contributed by atoms with Gasteiger partial charge in [-0.1, -0.05) is 129 Å². The molecule has 0 spiro atoms. The zero-order valence-electron chi connectivity index (χ0n) is 50.1. The molecule has 0 saturated carbocycles. The largest absolute Gasteiger partial charge is 0.361 e. The van der Waals surface area contributed by atoms with E-state index in [4.69, 9.17) is 0 Å². The summed E-state index contributed by atoms with van der Waals surface area (Å²) in [6.07, 6.45) is 10.9. The summed E-state index contributed by atoms with van der Waals surface area (Å²) in [5.41, 5.74) is 20.7. The summed E-state index contributed by atoms with van der Waals surface area (Å²) in [5, 5.41) is 6.26. The Morgan fingerprint density at radius 1 is 0.425 bits per heavy atom. The van der Waals surface area contributed by atoms with Gasteiger partial charge in [-0.05, 0) is 211 Å². The second-order valence-corrected chi connectivity index (χ2v) is 18.6. The fourth-order valence-corrected chi connectivity index (χ4v) is 8.36. The highest BCUT2D eigenvalue weighted by atomic mass is 19.1. The molecule has 5 aromatic heterocycles. The summed E-state index contributed by atoms with van der Waals surface area (Å²) in [7, 11) is 0. The summed E-state index contributed by atoms with van der Waals surface area (Å²) >= 11 is 0. The van der Waals surface area contributed by atoms with Gasteiger partial charge in [0.05, 0.1) is 5.52 Å². The van der Waals surface area contributed by atoms with Gasteiger partial charge in [0.25, 0.3) is 0 Å². The Bertz CT molecular complexity index is 3070. The lowest BCUT2D eigenvalue weighted by Gasteiger charge is -2.19. The van der Waals surface area contributed by atoms with Crippen LogP contribution in [0.4, 0.5) is 4.39 Å². The molecule has 0 amide bonds. The number of nitrogens with one attached hydrogen (secondary N) is 5. The smallest absolute Gasteiger partial charge is 0.147 e. The van der Waals surface area contributed by atoms with E-state index in [-0.39, 0.29) is 11.2 Å². The highest BCUT2D eigenvalue weighted by Crippen LogP contribution is 2.29. The van der Waals surface area contributed by atoms with Gasteiger partial charge in [-0.25, -0.2) is 4.39 Å². The van der Waals surface area contributed by atoms with Crippen LogP contribution in [0.5, 0.6) is 0 Å². The maximum Gasteiger partial charge on any atom is 0.147 e. The summed E-state index contributed by atoms with van der Waals surface area (Å²) in [5.74, 6) is 0.433. The second-order valence-electron chi connectivity index (χ2n) is 18.6. The van der Waals surface area contributed by atoms with Gasteiger partial charge in [0, 0.05) is 63.8 Å². The zero-order chi connectivity index (χ0) is 55.7. The van der Waals surface area contributed by atoms with E-state index in [1.807, 2.05) is 113 Å². The van der Waals surface area contributed by atoms with Crippen LogP contribution in [0.1, 0.15) is 178 Å². The molecule has 5 aromatic carbocycles. The third kappa shape index (κ3) is 17.4. The molecule has 73 heavy (non-hydrogen) atoms. The first kappa shape index (κ1) is 64.7. The minimum atomic E-state index is -0.176. The molecule has 5 heterocycles. The van der Waals surface area contributed by atoms with Crippen molar-refractivity contribution in [1.82, 2.24) is 24.9 Å². The van der Waals surface area contributed by atoms with E-state index in [1.165, 1.54) is 105 Å². The van der Waals surface area contributed by atoms with Crippen LogP contribution in [-0.4, -0.2) is 24.9 Å². The molecule has 398 valence electrons. The van der Waals surface area contributed by atoms with Gasteiger partial charge in [-0.2, -0.15) is 0 Å². The minimum Gasteiger partial charge on any atom is -0.361 e. The number of hydrogen-bond donors (Lipinski definition) is 5. The minimum absolute atomic E-state index is 0.176. The molecule has 0 fully saturated rings. The number of fused-ring (bicyclic) bond motifs is 5. The molecular weight excluding hydrogens is 894 g/mol. The van der Waals surface area contributed by atoms with Crippen LogP contribution in [0.3, 0.4) is 0 Å². The first-order valence-corrected chi connectivity index (χ1v) is 27.4. The van der Waals surface area contributed by atoms with Crippen molar-refractivity contribution in [2.75, 3.05) is 0 Å². The van der Waals surface area contributed by atoms with Crippen molar-refractivity contribution in [3.05, 3.63) is 177 Å². The van der Waals surface area contributed by atoms with E-state index in [9.17, 15) is 4.39 Å². The predicted molar refractivity (Wildman–Crippen MR) is 328 cm³/mol. The number of H-pyrrole nitrogens is 5. The molecule has 0 aliphatic heterocycles. The van der Waals surface area contributed by atoms with Gasteiger partial charge in [0.1, 0.15) is 5.82 Å². The van der Waals surface area contributed by atoms with Gasteiger partial charge in [0.2, 0.25) is 0 Å². The van der Waals surface area contributed by atoms with Crippen molar-refractivity contribution in [1.29, 1.82) is 0 Å². The molecule has 5 N–H and O–H groups in total. The van der Waals surface area contributed by atoms with Gasteiger partial charge in [0.15, 0.2) is 0 Å². The maximum atomic E-state index is 13.0. The molecule has 0 unspecified atom stereocenters. The predicted octanol–water partition coefficient (Wildman–Crippen LogP) is 21.6. The molecule has 10 aromatic rings. The third-order valence-electron chi connectivity index (χ3n) is 12.6. The second kappa shape index (κ2) is 32.0. The van der Waals surface area contributed by atoms with E-state index >= 15 is 0 Å². The van der Waals surface area contributed by atoms with Crippen molar-refractivity contribution in [2.24, 2.45) is 0 Å². The van der Waals surface area contributed by atoms with Gasteiger partial charge in [-0.15, -0.1) is 0 Å². The number of rotatable bonds is 2. The van der Waals surface area contributed by atoms with Crippen molar-refractivity contribution < 1.29 is 4.39 Å². The van der Waals surface area contributed by atoms with E-state index in [0.29, 0.717) is 11.4 Å². The molecule has 0 atom stereocenters. The fraction of sp³-hybridized carbons (Fsp3) is 0.403. The normalized spacial score (nSPS) is 10.2. The molecule has 10 rings (SSSR count). The molecule has 6 heteroatoms. The molecule has 0 aliphatic carbocycles. The van der Waals surface area contributed by atoms with Gasteiger partial charge in [-0.3, -0.25) is 0 Å². The summed E-state index contributed by atoms with van der Waals surface area (Å²) in [4.78, 5) is 15.9. The van der Waals surface area contributed by atoms with Crippen molar-refractivity contribution in [3.63, 3.8) is 0 Å². The number of aromatic nitrogens is 5. The monoisotopic (exact) mass is 992 g/mol. The Hall–Kier alpha value is -6.27. The Morgan fingerprint density at radius 2 is 0.822 bits per heavy atom. The number of aryl methyl sites for hydroxylation is 7. The van der Waals surface area contributed by atoms with Crippen LogP contribution < -0.4 is 0 Å². The fourth-order valence-electron chi connectivity index (χ4n) is 8.36. The van der Waals surface area contributed by atoms with Crippen molar-refractivity contribution in [3.8, 4) is 0 Å². The molecule has 0 radical (unpaired) electrons. The Labute approximate surface area is 442 Å². The molecular formula is C67H98FN5. The number of hydrogen-bond acceptors (Lipinski definition) is 0. The summed E-state index contributed by atoms with van der Waals surface area (Å²) in [6, 6.07) is 27.5. The van der Waals surface area contributed by atoms with Crippen LogP contribution in [0, 0.1) is 61.2 Å². The van der Waals surface area contributed by atoms with Crippen LogP contribution in [0.2, 0.25) is 0 Å². The lowest BCUT2D eigenvalue weighted by Crippen LogP contribution is -2.11. The quantitative estimate of drug-likeness (QED) is 0.114. The van der Waals surface area contributed by atoms with E-state index < -0.39 is 0 Å². The summed E-state index contributed by atoms with van der Waals surface area (Å²) < 4.78 is 13.0. The zero-order valence-corrected chi connectivity index (χ0v) is 50.1. The standard InChI is InChI=1S/C13H17N.2C12H15N.C11H13N.C9H8FN.5C2H6/c1-9-7-11(13(2,3)4)8-10-5-6-14-12(9)10;1-7-8(2)10(4)12-11(9(7)3)5-6-13-12;1-8(2)11-6-9(3)12-10(7-11)4-5-13-12;1-3-9-6-8(2)11-10(7-9)4-5-12-11;1-6-4-7-2-3-11-9(7)8(10)5-6;5*1-2/h5-8,14H,1-4H3;5-6,13H,1-4H3;4-8,13H,1-3H3;4-7,12H,3H2,1-2H3;2-5,11H,1H3;5*1-2H3. The SMILES string of the molecule is CC.CC.CC.CC.CC.CCc1cc(C)c2[nH]ccc2c1.Cc1c(C)c(C)c2[nH]ccc2c1C.Cc1cc(C(C)(C)C)cc2cc[nH]c12.Cc1cc(C(C)C)cc2cc[nH]c12.Cc1cc(F)c2[nH]ccc2c1. The van der Waals surface area contributed by atoms with E-state index in [1.54, 1.807) is 6.20 Å².